The number of carbonyl (C=O) groups is 2. The van der Waals surface area contributed by atoms with Gasteiger partial charge in [-0.25, -0.2) is 14.6 Å². The molecule has 0 aliphatic heterocycles. The number of rotatable bonds is 6. The van der Waals surface area contributed by atoms with Gasteiger partial charge in [-0.1, -0.05) is 0 Å². The van der Waals surface area contributed by atoms with E-state index in [0.717, 1.165) is 6.20 Å². The highest BCUT2D eigenvalue weighted by Crippen LogP contribution is 2.09. The maximum Gasteiger partial charge on any atom is 0.407 e. The van der Waals surface area contributed by atoms with E-state index in [2.05, 4.69) is 31.0 Å². The first-order valence-electron chi connectivity index (χ1n) is 6.14. The van der Waals surface area contributed by atoms with Gasteiger partial charge in [0.05, 0.1) is 19.3 Å². The standard InChI is InChI=1S/C13H20BrN3O4/c1-5-21-11(18)9(8-15)10(14)16-7-6-13(2,3)17-12(19)20-4/h6-8H,5,15H2,1-4H3,(H,17,19)/b7-6+,9-8+,16-10-. The van der Waals surface area contributed by atoms with Crippen molar-refractivity contribution >= 4 is 32.6 Å². The van der Waals surface area contributed by atoms with Crippen LogP contribution in [0.4, 0.5) is 4.79 Å². The van der Waals surface area contributed by atoms with Gasteiger partial charge in [-0.05, 0) is 42.8 Å². The van der Waals surface area contributed by atoms with Crippen LogP contribution in [0.2, 0.25) is 0 Å². The fraction of sp³-hybridized carbons (Fsp3) is 0.462. The van der Waals surface area contributed by atoms with E-state index in [1.165, 1.54) is 13.3 Å². The second-order valence-electron chi connectivity index (χ2n) is 4.37. The zero-order valence-electron chi connectivity index (χ0n) is 12.5. The third-order valence-electron chi connectivity index (χ3n) is 2.17. The number of hydrogen-bond donors (Lipinski definition) is 2. The highest BCUT2D eigenvalue weighted by atomic mass is 79.9. The quantitative estimate of drug-likeness (QED) is 0.426. The first-order valence-corrected chi connectivity index (χ1v) is 6.93. The summed E-state index contributed by atoms with van der Waals surface area (Å²) in [5.74, 6) is -0.573. The van der Waals surface area contributed by atoms with Crippen molar-refractivity contribution < 1.29 is 19.1 Å². The number of aliphatic imine (C=N–C) groups is 1. The number of nitrogens with one attached hydrogen (secondary N) is 1. The summed E-state index contributed by atoms with van der Waals surface area (Å²) in [6.07, 6.45) is 3.62. The van der Waals surface area contributed by atoms with Crippen LogP contribution >= 0.6 is 15.9 Å². The van der Waals surface area contributed by atoms with Crippen LogP contribution in [0.5, 0.6) is 0 Å². The van der Waals surface area contributed by atoms with Crippen molar-refractivity contribution in [2.75, 3.05) is 13.7 Å². The van der Waals surface area contributed by atoms with E-state index in [-0.39, 0.29) is 16.8 Å². The van der Waals surface area contributed by atoms with Gasteiger partial charge < -0.3 is 20.5 Å². The minimum atomic E-state index is -0.666. The fourth-order valence-corrected chi connectivity index (χ4v) is 1.56. The summed E-state index contributed by atoms with van der Waals surface area (Å²) in [6, 6.07) is 0. The largest absolute Gasteiger partial charge is 0.462 e. The number of esters is 1. The number of methoxy groups -OCH3 is 1. The zero-order chi connectivity index (χ0) is 16.5. The molecule has 0 saturated carbocycles. The molecule has 118 valence electrons. The van der Waals surface area contributed by atoms with Gasteiger partial charge in [0.15, 0.2) is 0 Å². The molecule has 7 nitrogen and oxygen atoms in total. The van der Waals surface area contributed by atoms with Crippen LogP contribution in [0.25, 0.3) is 0 Å². The second kappa shape index (κ2) is 9.17. The number of alkyl carbamates (subject to hydrolysis) is 1. The summed E-state index contributed by atoms with van der Waals surface area (Å²) in [6.45, 7) is 5.45. The van der Waals surface area contributed by atoms with Crippen molar-refractivity contribution in [1.29, 1.82) is 0 Å². The molecule has 0 heterocycles. The molecule has 0 rings (SSSR count). The normalized spacial score (nSPS) is 13.2. The van der Waals surface area contributed by atoms with Crippen molar-refractivity contribution in [2.24, 2.45) is 10.7 Å². The van der Waals surface area contributed by atoms with E-state index in [1.807, 2.05) is 0 Å². The summed E-state index contributed by atoms with van der Waals surface area (Å²) in [7, 11) is 1.28. The molecule has 0 aromatic rings. The summed E-state index contributed by atoms with van der Waals surface area (Å²) in [4.78, 5) is 26.8. The molecule has 0 fully saturated rings. The molecule has 0 atom stereocenters. The molecule has 0 saturated heterocycles. The average Bonchev–Trinajstić information content (AvgIpc) is 2.38. The molecule has 0 aliphatic carbocycles. The van der Waals surface area contributed by atoms with Gasteiger partial charge in [0.2, 0.25) is 0 Å². The SMILES string of the molecule is CCOC(=O)C(=C/N)/C(Br)=N/C=C/C(C)(C)NC(=O)OC. The maximum atomic E-state index is 11.6. The summed E-state index contributed by atoms with van der Waals surface area (Å²) < 4.78 is 9.58. The molecule has 0 aromatic carbocycles. The second-order valence-corrected chi connectivity index (χ2v) is 5.13. The summed E-state index contributed by atoms with van der Waals surface area (Å²) >= 11 is 3.14. The predicted molar refractivity (Wildman–Crippen MR) is 84.0 cm³/mol. The topological polar surface area (TPSA) is 103 Å². The third-order valence-corrected chi connectivity index (χ3v) is 2.80. The van der Waals surface area contributed by atoms with Crippen LogP contribution in [0, 0.1) is 0 Å². The van der Waals surface area contributed by atoms with Crippen LogP contribution in [0.15, 0.2) is 29.0 Å². The molecular formula is C13H20BrN3O4. The Balaban J connectivity index is 4.89. The number of nitrogens with two attached hydrogens (primary N) is 1. The lowest BCUT2D eigenvalue weighted by Crippen LogP contribution is -2.41. The molecule has 3 N–H and O–H groups in total. The Morgan fingerprint density at radius 1 is 1.43 bits per heavy atom. The van der Waals surface area contributed by atoms with Crippen LogP contribution in [-0.2, 0) is 14.3 Å². The lowest BCUT2D eigenvalue weighted by Gasteiger charge is -2.20. The number of ether oxygens (including phenoxy) is 2. The average molecular weight is 362 g/mol. The number of nitrogens with zero attached hydrogens (tertiary/aromatic N) is 1. The van der Waals surface area contributed by atoms with E-state index < -0.39 is 17.6 Å². The molecule has 0 bridgehead atoms. The van der Waals surface area contributed by atoms with Gasteiger partial charge in [0.1, 0.15) is 10.2 Å². The molecule has 0 unspecified atom stereocenters. The van der Waals surface area contributed by atoms with Gasteiger partial charge in [0.25, 0.3) is 0 Å². The molecule has 1 amide bonds. The number of amides is 1. The van der Waals surface area contributed by atoms with Gasteiger partial charge in [-0.15, -0.1) is 0 Å². The van der Waals surface area contributed by atoms with Crippen LogP contribution in [-0.4, -0.2) is 35.9 Å². The smallest absolute Gasteiger partial charge is 0.407 e. The van der Waals surface area contributed by atoms with Crippen LogP contribution < -0.4 is 11.1 Å². The Morgan fingerprint density at radius 2 is 2.05 bits per heavy atom. The molecule has 0 spiro atoms. The number of halogens is 1. The molecule has 0 aromatic heterocycles. The Kier molecular flexibility index (Phi) is 8.37. The highest BCUT2D eigenvalue weighted by Gasteiger charge is 2.17. The van der Waals surface area contributed by atoms with E-state index in [1.54, 1.807) is 26.8 Å². The zero-order valence-corrected chi connectivity index (χ0v) is 14.1. The van der Waals surface area contributed by atoms with Gasteiger partial charge in [0, 0.05) is 12.4 Å². The Hall–Kier alpha value is -1.83. The van der Waals surface area contributed by atoms with Gasteiger partial charge in [-0.3, -0.25) is 0 Å². The van der Waals surface area contributed by atoms with Gasteiger partial charge >= 0.3 is 12.1 Å². The molecule has 0 radical (unpaired) electrons. The third kappa shape index (κ3) is 7.50. The lowest BCUT2D eigenvalue weighted by molar-refractivity contribution is -0.137. The minimum Gasteiger partial charge on any atom is -0.462 e. The number of hydrogen-bond acceptors (Lipinski definition) is 6. The first-order chi connectivity index (χ1) is 9.77. The molecule has 8 heteroatoms. The van der Waals surface area contributed by atoms with Crippen molar-refractivity contribution in [3.8, 4) is 0 Å². The molecular weight excluding hydrogens is 342 g/mol. The monoisotopic (exact) mass is 361 g/mol. The van der Waals surface area contributed by atoms with Crippen LogP contribution in [0.3, 0.4) is 0 Å². The van der Waals surface area contributed by atoms with E-state index >= 15 is 0 Å². The van der Waals surface area contributed by atoms with Gasteiger partial charge in [-0.2, -0.15) is 0 Å². The fourth-order valence-electron chi connectivity index (χ4n) is 1.14. The van der Waals surface area contributed by atoms with E-state index in [4.69, 9.17) is 10.5 Å². The molecule has 0 aliphatic rings. The highest BCUT2D eigenvalue weighted by molar-refractivity contribution is 9.18. The summed E-state index contributed by atoms with van der Waals surface area (Å²) in [5, 5.41) is 2.60. The Bertz CT molecular complexity index is 470. The minimum absolute atomic E-state index is 0.111. The Labute approximate surface area is 132 Å². The lowest BCUT2D eigenvalue weighted by atomic mass is 10.1. The van der Waals surface area contributed by atoms with Crippen molar-refractivity contribution in [3.63, 3.8) is 0 Å². The first kappa shape index (κ1) is 19.2. The Morgan fingerprint density at radius 3 is 2.52 bits per heavy atom. The van der Waals surface area contributed by atoms with E-state index in [0.29, 0.717) is 0 Å². The summed E-state index contributed by atoms with van der Waals surface area (Å²) in [5.41, 5.74) is 4.82. The van der Waals surface area contributed by atoms with Crippen molar-refractivity contribution in [2.45, 2.75) is 26.3 Å². The predicted octanol–water partition coefficient (Wildman–Crippen LogP) is 1.83. The van der Waals surface area contributed by atoms with Crippen molar-refractivity contribution in [3.05, 3.63) is 24.0 Å². The molecule has 21 heavy (non-hydrogen) atoms. The maximum absolute atomic E-state index is 11.6. The number of carbonyl (C=O) groups excluding carboxylic acids is 2. The van der Waals surface area contributed by atoms with E-state index in [9.17, 15) is 9.59 Å². The van der Waals surface area contributed by atoms with Crippen LogP contribution in [0.1, 0.15) is 20.8 Å². The van der Waals surface area contributed by atoms with Crippen molar-refractivity contribution in [1.82, 2.24) is 5.32 Å².